The van der Waals surface area contributed by atoms with Crippen molar-refractivity contribution in [1.82, 2.24) is 0 Å². The summed E-state index contributed by atoms with van der Waals surface area (Å²) in [6, 6.07) is 3.98. The highest BCUT2D eigenvalue weighted by atomic mass is 16.9. The number of nitro benzene ring substituents is 1. The summed E-state index contributed by atoms with van der Waals surface area (Å²) in [5.41, 5.74) is 0.0334. The van der Waals surface area contributed by atoms with Crippen LogP contribution in [-0.2, 0) is 0 Å². The number of hydrogen-bond donors (Lipinski definition) is 1. The van der Waals surface area contributed by atoms with Crippen molar-refractivity contribution in [3.63, 3.8) is 0 Å². The number of rotatable bonds is 2. The highest BCUT2D eigenvalue weighted by molar-refractivity contribution is 5.92. The van der Waals surface area contributed by atoms with E-state index in [1.54, 1.807) is 6.92 Å². The number of nitrogens with zero attached hydrogens (tertiary/aromatic N) is 1. The van der Waals surface area contributed by atoms with Gasteiger partial charge in [0, 0.05) is 6.07 Å². The SMILES string of the molecule is Cc1ccc([15N+](=O)[O-])c(C(=O)O)c1. The van der Waals surface area contributed by atoms with Crippen molar-refractivity contribution in [2.24, 2.45) is 0 Å². The average molecular weight is 182 g/mol. The van der Waals surface area contributed by atoms with E-state index in [1.165, 1.54) is 18.2 Å². The maximum absolute atomic E-state index is 10.6. The topological polar surface area (TPSA) is 80.4 Å². The predicted molar refractivity (Wildman–Crippen MR) is 44.8 cm³/mol. The summed E-state index contributed by atoms with van der Waals surface area (Å²) >= 11 is 0. The summed E-state index contributed by atoms with van der Waals surface area (Å²) in [4.78, 5) is 20.2. The Kier molecular flexibility index (Phi) is 2.27. The summed E-state index contributed by atoms with van der Waals surface area (Å²) in [6.07, 6.45) is 0. The van der Waals surface area contributed by atoms with Gasteiger partial charge in [0.15, 0.2) is 0 Å². The van der Waals surface area contributed by atoms with Gasteiger partial charge in [-0.25, -0.2) is 4.79 Å². The van der Waals surface area contributed by atoms with Crippen molar-refractivity contribution in [3.05, 3.63) is 39.4 Å². The van der Waals surface area contributed by atoms with Gasteiger partial charge in [-0.2, -0.15) is 0 Å². The second-order valence-corrected chi connectivity index (χ2v) is 2.58. The second-order valence-electron chi connectivity index (χ2n) is 2.58. The van der Waals surface area contributed by atoms with E-state index < -0.39 is 10.9 Å². The summed E-state index contributed by atoms with van der Waals surface area (Å²) in [5, 5.41) is 19.0. The predicted octanol–water partition coefficient (Wildman–Crippen LogP) is 1.60. The molecule has 1 N–H and O–H groups in total. The van der Waals surface area contributed by atoms with Gasteiger partial charge < -0.3 is 5.11 Å². The zero-order chi connectivity index (χ0) is 10.0. The van der Waals surface area contributed by atoms with Gasteiger partial charge in [0.05, 0.1) is 4.92 Å². The molecule has 0 amide bonds. The van der Waals surface area contributed by atoms with Crippen LogP contribution in [0.15, 0.2) is 18.2 Å². The fraction of sp³-hybridized carbons (Fsp3) is 0.125. The first-order chi connectivity index (χ1) is 6.02. The van der Waals surface area contributed by atoms with E-state index in [9.17, 15) is 14.9 Å². The van der Waals surface area contributed by atoms with Gasteiger partial charge in [0.25, 0.3) is 5.69 Å². The number of carboxylic acid groups (broad SMARTS) is 1. The lowest BCUT2D eigenvalue weighted by molar-refractivity contribution is -0.385. The minimum atomic E-state index is -1.28. The van der Waals surface area contributed by atoms with Crippen LogP contribution in [0.1, 0.15) is 15.9 Å². The van der Waals surface area contributed by atoms with Gasteiger partial charge in [-0.05, 0) is 18.6 Å². The zero-order valence-electron chi connectivity index (χ0n) is 6.85. The molecule has 0 aromatic heterocycles. The van der Waals surface area contributed by atoms with Crippen molar-refractivity contribution in [3.8, 4) is 0 Å². The normalized spacial score (nSPS) is 9.62. The summed E-state index contributed by atoms with van der Waals surface area (Å²) in [5.74, 6) is -1.28. The molecule has 0 aliphatic carbocycles. The third-order valence-corrected chi connectivity index (χ3v) is 1.58. The molecule has 13 heavy (non-hydrogen) atoms. The molecule has 0 saturated heterocycles. The number of carboxylic acids is 1. The van der Waals surface area contributed by atoms with E-state index >= 15 is 0 Å². The number of carbonyl (C=O) groups is 1. The minimum absolute atomic E-state index is 0.273. The van der Waals surface area contributed by atoms with E-state index in [0.29, 0.717) is 5.56 Å². The monoisotopic (exact) mass is 182 g/mol. The number of nitro groups is 1. The maximum atomic E-state index is 10.6. The molecular weight excluding hydrogens is 175 g/mol. The second kappa shape index (κ2) is 3.22. The Balaban J connectivity index is 3.35. The molecule has 1 rings (SSSR count). The molecule has 0 atom stereocenters. The molecule has 0 aliphatic rings. The van der Waals surface area contributed by atoms with Crippen molar-refractivity contribution in [2.45, 2.75) is 6.92 Å². The summed E-state index contributed by atoms with van der Waals surface area (Å²) < 4.78 is 0. The third-order valence-electron chi connectivity index (χ3n) is 1.58. The van der Waals surface area contributed by atoms with E-state index in [-0.39, 0.29) is 11.3 Å². The molecular formula is C8H7NO4. The van der Waals surface area contributed by atoms with E-state index in [1.807, 2.05) is 0 Å². The third kappa shape index (κ3) is 1.81. The first-order valence-electron chi connectivity index (χ1n) is 3.50. The molecule has 68 valence electrons. The van der Waals surface area contributed by atoms with Crippen LogP contribution in [0.25, 0.3) is 0 Å². The van der Waals surface area contributed by atoms with Crippen LogP contribution < -0.4 is 0 Å². The highest BCUT2D eigenvalue weighted by Crippen LogP contribution is 2.19. The van der Waals surface area contributed by atoms with Crippen LogP contribution in [0.3, 0.4) is 0 Å². The number of aromatic carboxylic acids is 1. The number of hydrogen-bond acceptors (Lipinski definition) is 3. The van der Waals surface area contributed by atoms with E-state index in [4.69, 9.17) is 5.11 Å². The van der Waals surface area contributed by atoms with Crippen LogP contribution >= 0.6 is 0 Å². The fourth-order valence-electron chi connectivity index (χ4n) is 0.980. The number of aryl methyl sites for hydroxylation is 1. The lowest BCUT2D eigenvalue weighted by atomic mass is 10.1. The average Bonchev–Trinajstić information content (AvgIpc) is 2.03. The molecule has 5 heteroatoms. The van der Waals surface area contributed by atoms with Crippen LogP contribution in [0.2, 0.25) is 0 Å². The zero-order valence-corrected chi connectivity index (χ0v) is 6.85. The lowest BCUT2D eigenvalue weighted by Gasteiger charge is -1.98. The van der Waals surface area contributed by atoms with Crippen LogP contribution in [0.5, 0.6) is 0 Å². The molecule has 5 nitrogen and oxygen atoms in total. The van der Waals surface area contributed by atoms with Crippen LogP contribution in [0.4, 0.5) is 5.69 Å². The standard InChI is InChI=1S/C8H7NO4/c1-5-2-3-7(9(12)13)6(4-5)8(10)11/h2-4H,1H3,(H,10,11)/i9+1. The molecule has 0 aliphatic heterocycles. The Bertz CT molecular complexity index is 372. The van der Waals surface area contributed by atoms with Crippen LogP contribution in [-0.4, -0.2) is 16.0 Å². The molecule has 0 radical (unpaired) electrons. The Labute approximate surface area is 73.8 Å². The van der Waals surface area contributed by atoms with Gasteiger partial charge in [0.1, 0.15) is 5.56 Å². The minimum Gasteiger partial charge on any atom is -0.477 e. The smallest absolute Gasteiger partial charge is 0.342 e. The van der Waals surface area contributed by atoms with Crippen LogP contribution in [0, 0.1) is 17.0 Å². The molecule has 1 aromatic carbocycles. The van der Waals surface area contributed by atoms with Gasteiger partial charge in [0.2, 0.25) is 0 Å². The Hall–Kier alpha value is -1.91. The fourth-order valence-corrected chi connectivity index (χ4v) is 0.980. The Morgan fingerprint density at radius 1 is 1.54 bits per heavy atom. The van der Waals surface area contributed by atoms with E-state index in [0.717, 1.165) is 0 Å². The van der Waals surface area contributed by atoms with Gasteiger partial charge >= 0.3 is 5.97 Å². The summed E-state index contributed by atoms with van der Waals surface area (Å²) in [6.45, 7) is 1.68. The first-order valence-corrected chi connectivity index (χ1v) is 3.50. The van der Waals surface area contributed by atoms with Crippen molar-refractivity contribution < 1.29 is 14.8 Å². The molecule has 0 saturated carbocycles. The van der Waals surface area contributed by atoms with E-state index in [2.05, 4.69) is 0 Å². The molecule has 0 fully saturated rings. The van der Waals surface area contributed by atoms with Crippen molar-refractivity contribution >= 4 is 11.7 Å². The Morgan fingerprint density at radius 3 is 2.62 bits per heavy atom. The maximum Gasteiger partial charge on any atom is 0.342 e. The van der Waals surface area contributed by atoms with Gasteiger partial charge in [-0.15, -0.1) is 0 Å². The first kappa shape index (κ1) is 9.18. The lowest BCUT2D eigenvalue weighted by Crippen LogP contribution is -2.02. The summed E-state index contributed by atoms with van der Waals surface area (Å²) in [7, 11) is 0. The Morgan fingerprint density at radius 2 is 2.15 bits per heavy atom. The van der Waals surface area contributed by atoms with Crippen molar-refractivity contribution in [2.75, 3.05) is 0 Å². The number of benzene rings is 1. The largest absolute Gasteiger partial charge is 0.477 e. The van der Waals surface area contributed by atoms with Gasteiger partial charge in [-0.3, -0.25) is 10.1 Å². The molecule has 0 bridgehead atoms. The molecule has 0 unspecified atom stereocenters. The quantitative estimate of drug-likeness (QED) is 0.428. The molecule has 0 heterocycles. The highest BCUT2D eigenvalue weighted by Gasteiger charge is 2.18. The molecule has 0 spiro atoms. The van der Waals surface area contributed by atoms with Gasteiger partial charge in [-0.1, -0.05) is 6.07 Å². The molecule has 1 aromatic rings. The van der Waals surface area contributed by atoms with Crippen molar-refractivity contribution in [1.29, 1.82) is 0 Å².